The van der Waals surface area contributed by atoms with Crippen molar-refractivity contribution in [1.82, 2.24) is 15.3 Å². The zero-order valence-electron chi connectivity index (χ0n) is 18.1. The number of amides is 1. The zero-order valence-corrected chi connectivity index (χ0v) is 18.1. The first-order chi connectivity index (χ1) is 15.1. The number of aryl methyl sites for hydroxylation is 2. The Labute approximate surface area is 183 Å². The van der Waals surface area contributed by atoms with Gasteiger partial charge < -0.3 is 15.0 Å². The average Bonchev–Trinajstić information content (AvgIpc) is 3.33. The summed E-state index contributed by atoms with van der Waals surface area (Å²) < 4.78 is 5.99. The molecule has 1 aliphatic rings. The third-order valence-electron chi connectivity index (χ3n) is 5.52. The molecule has 0 atom stereocenters. The minimum Gasteiger partial charge on any atom is -0.488 e. The molecule has 0 unspecified atom stereocenters. The minimum atomic E-state index is -0.103. The number of aromatic nitrogens is 2. The van der Waals surface area contributed by atoms with Gasteiger partial charge in [0.1, 0.15) is 18.2 Å². The second-order valence-electron chi connectivity index (χ2n) is 7.99. The number of carbonyl (C=O) groups is 1. The largest absolute Gasteiger partial charge is 0.488 e. The van der Waals surface area contributed by atoms with Crippen LogP contribution in [0.4, 0.5) is 5.82 Å². The minimum absolute atomic E-state index is 0.103. The fourth-order valence-electron chi connectivity index (χ4n) is 3.89. The predicted molar refractivity (Wildman–Crippen MR) is 121 cm³/mol. The number of rotatable bonds is 7. The molecule has 0 spiro atoms. The molecule has 160 valence electrons. The molecule has 3 aromatic rings. The van der Waals surface area contributed by atoms with Crippen molar-refractivity contribution in [1.29, 1.82) is 0 Å². The van der Waals surface area contributed by atoms with E-state index in [2.05, 4.69) is 20.2 Å². The summed E-state index contributed by atoms with van der Waals surface area (Å²) in [6.45, 7) is 6.96. The highest BCUT2D eigenvalue weighted by molar-refractivity contribution is 5.94. The number of hydrogen-bond acceptors (Lipinski definition) is 5. The highest BCUT2D eigenvalue weighted by atomic mass is 16.5. The van der Waals surface area contributed by atoms with Crippen LogP contribution < -0.4 is 15.0 Å². The molecule has 1 N–H and O–H groups in total. The summed E-state index contributed by atoms with van der Waals surface area (Å²) in [5.74, 6) is 1.72. The van der Waals surface area contributed by atoms with E-state index >= 15 is 0 Å². The SMILES string of the molecule is Cc1cc(C(=O)NCc2ccc(N3CCCC3)nc2)cc(C)c1OCc1cccnc1. The smallest absolute Gasteiger partial charge is 0.251 e. The highest BCUT2D eigenvalue weighted by Crippen LogP contribution is 2.26. The maximum atomic E-state index is 12.7. The van der Waals surface area contributed by atoms with Crippen molar-refractivity contribution in [3.05, 3.63) is 82.8 Å². The number of pyridine rings is 2. The van der Waals surface area contributed by atoms with Crippen LogP contribution in [0.3, 0.4) is 0 Å². The van der Waals surface area contributed by atoms with Crippen molar-refractivity contribution in [3.8, 4) is 5.75 Å². The Kier molecular flexibility index (Phi) is 6.46. The highest BCUT2D eigenvalue weighted by Gasteiger charge is 2.14. The Hall–Kier alpha value is -3.41. The first-order valence-corrected chi connectivity index (χ1v) is 10.7. The van der Waals surface area contributed by atoms with E-state index in [1.807, 2.05) is 56.4 Å². The fourth-order valence-corrected chi connectivity index (χ4v) is 3.89. The summed E-state index contributed by atoms with van der Waals surface area (Å²) in [5, 5.41) is 2.99. The molecule has 4 rings (SSSR count). The molecule has 0 bridgehead atoms. The molecule has 1 fully saturated rings. The summed E-state index contributed by atoms with van der Waals surface area (Å²) >= 11 is 0. The Balaban J connectivity index is 1.36. The van der Waals surface area contributed by atoms with Gasteiger partial charge in [-0.15, -0.1) is 0 Å². The Bertz CT molecular complexity index is 1010. The van der Waals surface area contributed by atoms with Gasteiger partial charge in [0, 0.05) is 49.4 Å². The molecule has 1 aromatic carbocycles. The van der Waals surface area contributed by atoms with Crippen LogP contribution >= 0.6 is 0 Å². The van der Waals surface area contributed by atoms with Crippen molar-refractivity contribution in [2.75, 3.05) is 18.0 Å². The predicted octanol–water partition coefficient (Wildman–Crippen LogP) is 4.20. The standard InChI is InChI=1S/C25H28N4O2/c1-18-12-22(13-19(2)24(18)31-17-21-6-5-9-26-14-21)25(30)28-16-20-7-8-23(27-15-20)29-10-3-4-11-29/h5-9,12-15H,3-4,10-11,16-17H2,1-2H3,(H,28,30). The van der Waals surface area contributed by atoms with E-state index in [1.165, 1.54) is 12.8 Å². The number of ether oxygens (including phenoxy) is 1. The van der Waals surface area contributed by atoms with Crippen LogP contribution in [0.5, 0.6) is 5.75 Å². The van der Waals surface area contributed by atoms with Gasteiger partial charge in [-0.1, -0.05) is 12.1 Å². The molecule has 0 saturated carbocycles. The van der Waals surface area contributed by atoms with E-state index in [-0.39, 0.29) is 5.91 Å². The van der Waals surface area contributed by atoms with Gasteiger partial charge in [-0.3, -0.25) is 9.78 Å². The van der Waals surface area contributed by atoms with Crippen molar-refractivity contribution < 1.29 is 9.53 Å². The monoisotopic (exact) mass is 416 g/mol. The summed E-state index contributed by atoms with van der Waals surface area (Å²) in [6, 6.07) is 11.7. The molecule has 1 aliphatic heterocycles. The summed E-state index contributed by atoms with van der Waals surface area (Å²) in [6.07, 6.45) is 7.83. The van der Waals surface area contributed by atoms with Crippen LogP contribution in [0, 0.1) is 13.8 Å². The van der Waals surface area contributed by atoms with Crippen molar-refractivity contribution in [3.63, 3.8) is 0 Å². The molecule has 0 aliphatic carbocycles. The second kappa shape index (κ2) is 9.60. The van der Waals surface area contributed by atoms with Crippen LogP contribution in [0.1, 0.15) is 45.5 Å². The molecule has 31 heavy (non-hydrogen) atoms. The maximum Gasteiger partial charge on any atom is 0.251 e. The Morgan fingerprint density at radius 3 is 2.48 bits per heavy atom. The van der Waals surface area contributed by atoms with Gasteiger partial charge in [0.2, 0.25) is 0 Å². The first kappa shape index (κ1) is 20.8. The van der Waals surface area contributed by atoms with Gasteiger partial charge in [-0.25, -0.2) is 4.98 Å². The van der Waals surface area contributed by atoms with Crippen LogP contribution in [-0.4, -0.2) is 29.0 Å². The molecule has 2 aromatic heterocycles. The van der Waals surface area contributed by atoms with E-state index < -0.39 is 0 Å². The molecule has 6 heteroatoms. The molecule has 3 heterocycles. The molecule has 1 amide bonds. The number of benzene rings is 1. The van der Waals surface area contributed by atoms with E-state index in [0.717, 1.165) is 46.9 Å². The van der Waals surface area contributed by atoms with Gasteiger partial charge in [0.15, 0.2) is 0 Å². The number of anilines is 1. The average molecular weight is 417 g/mol. The summed E-state index contributed by atoms with van der Waals surface area (Å²) in [4.78, 5) is 23.7. The zero-order chi connectivity index (χ0) is 21.6. The maximum absolute atomic E-state index is 12.7. The van der Waals surface area contributed by atoms with Crippen molar-refractivity contribution in [2.24, 2.45) is 0 Å². The topological polar surface area (TPSA) is 67.4 Å². The molecule has 1 saturated heterocycles. The van der Waals surface area contributed by atoms with E-state index in [0.29, 0.717) is 18.7 Å². The number of carbonyl (C=O) groups excluding carboxylic acids is 1. The lowest BCUT2D eigenvalue weighted by Crippen LogP contribution is -2.23. The normalized spacial score (nSPS) is 13.3. The quantitative estimate of drug-likeness (QED) is 0.625. The summed E-state index contributed by atoms with van der Waals surface area (Å²) in [7, 11) is 0. The van der Waals surface area contributed by atoms with Gasteiger partial charge in [0.25, 0.3) is 5.91 Å². The molecular weight excluding hydrogens is 388 g/mol. The lowest BCUT2D eigenvalue weighted by Gasteiger charge is -2.16. The van der Waals surface area contributed by atoms with Crippen LogP contribution in [0.15, 0.2) is 55.0 Å². The lowest BCUT2D eigenvalue weighted by atomic mass is 10.0. The number of nitrogens with zero attached hydrogens (tertiary/aromatic N) is 3. The van der Waals surface area contributed by atoms with E-state index in [4.69, 9.17) is 4.74 Å². The van der Waals surface area contributed by atoms with E-state index in [1.54, 1.807) is 12.4 Å². The van der Waals surface area contributed by atoms with Crippen molar-refractivity contribution in [2.45, 2.75) is 39.8 Å². The van der Waals surface area contributed by atoms with Crippen LogP contribution in [0.25, 0.3) is 0 Å². The van der Waals surface area contributed by atoms with Crippen LogP contribution in [0.2, 0.25) is 0 Å². The second-order valence-corrected chi connectivity index (χ2v) is 7.99. The lowest BCUT2D eigenvalue weighted by molar-refractivity contribution is 0.0950. The molecule has 6 nitrogen and oxygen atoms in total. The Morgan fingerprint density at radius 1 is 1.06 bits per heavy atom. The summed E-state index contributed by atoms with van der Waals surface area (Å²) in [5.41, 5.74) is 4.50. The van der Waals surface area contributed by atoms with Crippen LogP contribution in [-0.2, 0) is 13.2 Å². The van der Waals surface area contributed by atoms with E-state index in [9.17, 15) is 4.79 Å². The van der Waals surface area contributed by atoms with Gasteiger partial charge >= 0.3 is 0 Å². The first-order valence-electron chi connectivity index (χ1n) is 10.7. The Morgan fingerprint density at radius 2 is 1.84 bits per heavy atom. The third kappa shape index (κ3) is 5.20. The third-order valence-corrected chi connectivity index (χ3v) is 5.52. The van der Waals surface area contributed by atoms with Crippen molar-refractivity contribution >= 4 is 11.7 Å². The van der Waals surface area contributed by atoms with Gasteiger partial charge in [0.05, 0.1) is 0 Å². The fraction of sp³-hybridized carbons (Fsp3) is 0.320. The molecular formula is C25H28N4O2. The number of nitrogens with one attached hydrogen (secondary N) is 1. The number of hydrogen-bond donors (Lipinski definition) is 1. The van der Waals surface area contributed by atoms with Gasteiger partial charge in [-0.05, 0) is 67.6 Å². The van der Waals surface area contributed by atoms with Gasteiger partial charge in [-0.2, -0.15) is 0 Å². The molecule has 0 radical (unpaired) electrons.